The molecule has 0 aliphatic heterocycles. The van der Waals surface area contributed by atoms with Crippen molar-refractivity contribution in [2.24, 2.45) is 0 Å². The van der Waals surface area contributed by atoms with Crippen LogP contribution in [0.5, 0.6) is 0 Å². The highest BCUT2D eigenvalue weighted by Gasteiger charge is 2.09. The van der Waals surface area contributed by atoms with Gasteiger partial charge in [-0.2, -0.15) is 0 Å². The first-order valence-electron chi connectivity index (χ1n) is 5.53. The highest BCUT2D eigenvalue weighted by atomic mass is 32.1. The first kappa shape index (κ1) is 11.0. The topological polar surface area (TPSA) is 70.8 Å². The molecule has 3 heterocycles. The molecular weight excluding hydrogens is 246 g/mol. The van der Waals surface area contributed by atoms with E-state index in [4.69, 9.17) is 5.73 Å². The normalized spacial score (nSPS) is 11.0. The van der Waals surface area contributed by atoms with Crippen molar-refractivity contribution in [1.82, 2.24) is 15.0 Å². The first-order chi connectivity index (χ1) is 8.63. The summed E-state index contributed by atoms with van der Waals surface area (Å²) >= 11 is 1.51. The van der Waals surface area contributed by atoms with Gasteiger partial charge >= 0.3 is 0 Å². The number of hydrogen-bond donors (Lipinski definition) is 2. The molecule has 0 spiro atoms. The molecule has 3 rings (SSSR count). The number of nitrogens with two attached hydrogens (primary N) is 1. The van der Waals surface area contributed by atoms with Crippen LogP contribution in [0, 0.1) is 0 Å². The number of nitrogens with zero attached hydrogens (tertiary/aromatic N) is 3. The maximum atomic E-state index is 5.73. The number of imidazole rings is 1. The fraction of sp³-hybridized carbons (Fsp3) is 0.167. The second kappa shape index (κ2) is 3.99. The number of fused-ring (bicyclic) bond motifs is 1. The van der Waals surface area contributed by atoms with Crippen LogP contribution in [-0.2, 0) is 0 Å². The van der Waals surface area contributed by atoms with Crippen molar-refractivity contribution in [1.29, 1.82) is 0 Å². The van der Waals surface area contributed by atoms with Gasteiger partial charge < -0.3 is 15.6 Å². The number of aromatic nitrogens is 3. The molecular formula is C12H13N5S. The van der Waals surface area contributed by atoms with Crippen LogP contribution in [0.15, 0.2) is 24.3 Å². The molecule has 5 nitrogen and oxygen atoms in total. The summed E-state index contributed by atoms with van der Waals surface area (Å²) in [6.07, 6.45) is 0. The van der Waals surface area contributed by atoms with Gasteiger partial charge in [-0.1, -0.05) is 0 Å². The lowest BCUT2D eigenvalue weighted by Crippen LogP contribution is -2.10. The molecule has 0 unspecified atom stereocenters. The summed E-state index contributed by atoms with van der Waals surface area (Å²) in [5, 5.41) is 0.785. The minimum Gasteiger partial charge on any atom is -0.391 e. The van der Waals surface area contributed by atoms with Crippen LogP contribution < -0.4 is 10.6 Å². The van der Waals surface area contributed by atoms with Crippen LogP contribution in [0.4, 0.5) is 10.8 Å². The van der Waals surface area contributed by atoms with Gasteiger partial charge in [0.15, 0.2) is 11.5 Å². The maximum absolute atomic E-state index is 5.73. The summed E-state index contributed by atoms with van der Waals surface area (Å²) < 4.78 is 0. The van der Waals surface area contributed by atoms with Gasteiger partial charge in [0.25, 0.3) is 0 Å². The van der Waals surface area contributed by atoms with Gasteiger partial charge in [-0.25, -0.2) is 9.97 Å². The van der Waals surface area contributed by atoms with Crippen molar-refractivity contribution in [3.05, 3.63) is 24.3 Å². The number of H-pyrrole nitrogens is 1. The fourth-order valence-corrected chi connectivity index (χ4v) is 2.45. The summed E-state index contributed by atoms with van der Waals surface area (Å²) in [4.78, 5) is 15.2. The molecule has 3 aromatic heterocycles. The molecule has 3 aromatic rings. The summed E-state index contributed by atoms with van der Waals surface area (Å²) in [7, 11) is 3.92. The molecule has 6 heteroatoms. The third kappa shape index (κ3) is 1.80. The Balaban J connectivity index is 2.11. The van der Waals surface area contributed by atoms with E-state index in [1.165, 1.54) is 11.3 Å². The second-order valence-electron chi connectivity index (χ2n) is 4.22. The van der Waals surface area contributed by atoms with E-state index in [0.717, 1.165) is 32.7 Å². The largest absolute Gasteiger partial charge is 0.391 e. The third-order valence-electron chi connectivity index (χ3n) is 2.65. The van der Waals surface area contributed by atoms with Crippen molar-refractivity contribution < 1.29 is 0 Å². The lowest BCUT2D eigenvalue weighted by molar-refractivity contribution is 1.08. The highest BCUT2D eigenvalue weighted by Crippen LogP contribution is 2.28. The van der Waals surface area contributed by atoms with E-state index in [1.807, 2.05) is 43.3 Å². The van der Waals surface area contributed by atoms with Crippen LogP contribution in [-0.4, -0.2) is 29.0 Å². The van der Waals surface area contributed by atoms with Crippen LogP contribution in [0.1, 0.15) is 0 Å². The van der Waals surface area contributed by atoms with Gasteiger partial charge in [0, 0.05) is 14.1 Å². The third-order valence-corrected chi connectivity index (χ3v) is 3.57. The maximum Gasteiger partial charge on any atom is 0.180 e. The summed E-state index contributed by atoms with van der Waals surface area (Å²) in [5.74, 6) is 1.71. The number of rotatable bonds is 2. The van der Waals surface area contributed by atoms with E-state index >= 15 is 0 Å². The van der Waals surface area contributed by atoms with Gasteiger partial charge in [0.2, 0.25) is 0 Å². The Morgan fingerprint density at radius 3 is 2.67 bits per heavy atom. The van der Waals surface area contributed by atoms with Gasteiger partial charge in [-0.3, -0.25) is 0 Å². The van der Waals surface area contributed by atoms with Crippen molar-refractivity contribution >= 4 is 33.3 Å². The summed E-state index contributed by atoms with van der Waals surface area (Å²) in [5.41, 5.74) is 7.39. The molecule has 0 fully saturated rings. The molecule has 0 radical (unpaired) electrons. The first-order valence-corrected chi connectivity index (χ1v) is 6.35. The lowest BCUT2D eigenvalue weighted by Gasteiger charge is -2.09. The molecule has 0 bridgehead atoms. The predicted octanol–water partition coefficient (Wildman–Crippen LogP) is 2.33. The van der Waals surface area contributed by atoms with Gasteiger partial charge in [0.1, 0.15) is 5.82 Å². The SMILES string of the molecule is CN(C)c1ccc2[nH]c(-c3ccc(N)s3)nc2n1. The van der Waals surface area contributed by atoms with Gasteiger partial charge in [-0.05, 0) is 24.3 Å². The Bertz CT molecular complexity index is 697. The molecule has 0 atom stereocenters. The molecule has 0 aromatic carbocycles. The van der Waals surface area contributed by atoms with Crippen molar-refractivity contribution in [2.45, 2.75) is 0 Å². The Hall–Kier alpha value is -2.08. The second-order valence-corrected chi connectivity index (χ2v) is 5.34. The van der Waals surface area contributed by atoms with E-state index in [2.05, 4.69) is 15.0 Å². The van der Waals surface area contributed by atoms with E-state index in [9.17, 15) is 0 Å². The fourth-order valence-electron chi connectivity index (χ4n) is 1.73. The zero-order valence-electron chi connectivity index (χ0n) is 10.1. The number of aromatic amines is 1. The predicted molar refractivity (Wildman–Crippen MR) is 75.9 cm³/mol. The van der Waals surface area contributed by atoms with Crippen molar-refractivity contribution in [2.75, 3.05) is 24.7 Å². The Labute approximate surface area is 108 Å². The molecule has 3 N–H and O–H groups in total. The van der Waals surface area contributed by atoms with Crippen LogP contribution in [0.2, 0.25) is 0 Å². The zero-order valence-corrected chi connectivity index (χ0v) is 11.0. The number of anilines is 2. The quantitative estimate of drug-likeness (QED) is 0.741. The standard InChI is InChI=1S/C12H13N5S/c1-17(2)10-6-3-7-11(15-10)16-12(14-7)8-4-5-9(13)18-8/h3-6H,13H2,1-2H3,(H,14,15,16). The lowest BCUT2D eigenvalue weighted by atomic mass is 10.4. The van der Waals surface area contributed by atoms with Crippen LogP contribution in [0.25, 0.3) is 21.9 Å². The Morgan fingerprint density at radius 1 is 1.17 bits per heavy atom. The zero-order chi connectivity index (χ0) is 12.7. The van der Waals surface area contributed by atoms with Crippen LogP contribution >= 0.6 is 11.3 Å². The average Bonchev–Trinajstić information content (AvgIpc) is 2.93. The molecule has 0 aliphatic rings. The summed E-state index contributed by atoms with van der Waals surface area (Å²) in [6, 6.07) is 7.80. The Morgan fingerprint density at radius 2 is 2.00 bits per heavy atom. The van der Waals surface area contributed by atoms with E-state index in [-0.39, 0.29) is 0 Å². The number of nitrogens with one attached hydrogen (secondary N) is 1. The monoisotopic (exact) mass is 259 g/mol. The molecule has 92 valence electrons. The van der Waals surface area contributed by atoms with E-state index in [1.54, 1.807) is 0 Å². The number of thiophene rings is 1. The molecule has 0 saturated carbocycles. The number of nitrogen functional groups attached to an aromatic ring is 1. The van der Waals surface area contributed by atoms with E-state index in [0.29, 0.717) is 0 Å². The molecule has 0 saturated heterocycles. The van der Waals surface area contributed by atoms with Crippen LogP contribution in [0.3, 0.4) is 0 Å². The average molecular weight is 259 g/mol. The van der Waals surface area contributed by atoms with Gasteiger partial charge in [-0.15, -0.1) is 11.3 Å². The van der Waals surface area contributed by atoms with Gasteiger partial charge in [0.05, 0.1) is 15.4 Å². The van der Waals surface area contributed by atoms with Crippen molar-refractivity contribution in [3.63, 3.8) is 0 Å². The number of pyridine rings is 1. The van der Waals surface area contributed by atoms with Crippen molar-refractivity contribution in [3.8, 4) is 10.7 Å². The minimum atomic E-state index is 0.725. The number of hydrogen-bond acceptors (Lipinski definition) is 5. The smallest absolute Gasteiger partial charge is 0.180 e. The molecule has 18 heavy (non-hydrogen) atoms. The minimum absolute atomic E-state index is 0.725. The molecule has 0 amide bonds. The molecule has 0 aliphatic carbocycles. The van der Waals surface area contributed by atoms with E-state index < -0.39 is 0 Å². The Kier molecular flexibility index (Phi) is 2.45. The highest BCUT2D eigenvalue weighted by molar-refractivity contribution is 7.19. The summed E-state index contributed by atoms with van der Waals surface area (Å²) in [6.45, 7) is 0.